The Kier molecular flexibility index (Phi) is 5.59. The van der Waals surface area contributed by atoms with Gasteiger partial charge in [0.1, 0.15) is 10.6 Å². The minimum Gasteiger partial charge on any atom is -0.497 e. The van der Waals surface area contributed by atoms with Gasteiger partial charge in [-0.1, -0.05) is 6.07 Å². The molecule has 154 valence electrons. The van der Waals surface area contributed by atoms with Crippen LogP contribution in [0, 0.1) is 13.8 Å². The fraction of sp³-hybridized carbons (Fsp3) is 0.250. The van der Waals surface area contributed by atoms with Crippen LogP contribution in [0.1, 0.15) is 31.9 Å². The molecule has 2 aromatic carbocycles. The second-order valence-corrected chi connectivity index (χ2v) is 8.46. The zero-order valence-corrected chi connectivity index (χ0v) is 18.0. The van der Waals surface area contributed by atoms with E-state index in [1.807, 2.05) is 56.3 Å². The summed E-state index contributed by atoms with van der Waals surface area (Å²) in [5.41, 5.74) is 6.43. The highest BCUT2D eigenvalue weighted by Crippen LogP contribution is 2.41. The first-order valence-corrected chi connectivity index (χ1v) is 10.6. The number of methoxy groups -OCH3 is 1. The maximum atomic E-state index is 12.5. The Hall–Kier alpha value is -3.12. The molecule has 1 aliphatic carbocycles. The van der Waals surface area contributed by atoms with Crippen molar-refractivity contribution in [3.05, 3.63) is 69.6 Å². The number of carbonyl (C=O) groups excluding carboxylic acids is 2. The lowest BCUT2D eigenvalue weighted by Crippen LogP contribution is -2.20. The summed E-state index contributed by atoms with van der Waals surface area (Å²) >= 11 is 1.41. The highest BCUT2D eigenvalue weighted by atomic mass is 32.1. The molecule has 1 N–H and O–H groups in total. The van der Waals surface area contributed by atoms with Crippen LogP contribution in [0.15, 0.2) is 42.5 Å². The highest BCUT2D eigenvalue weighted by molar-refractivity contribution is 7.17. The summed E-state index contributed by atoms with van der Waals surface area (Å²) in [6, 6.07) is 13.6. The van der Waals surface area contributed by atoms with Crippen molar-refractivity contribution >= 4 is 28.9 Å². The lowest BCUT2D eigenvalue weighted by atomic mass is 9.91. The summed E-state index contributed by atoms with van der Waals surface area (Å²) in [4.78, 5) is 26.3. The number of anilines is 1. The van der Waals surface area contributed by atoms with E-state index in [0.717, 1.165) is 45.7 Å². The summed E-state index contributed by atoms with van der Waals surface area (Å²) < 4.78 is 10.6. The van der Waals surface area contributed by atoms with Gasteiger partial charge >= 0.3 is 5.97 Å². The number of rotatable bonds is 5. The Morgan fingerprint density at radius 1 is 1.00 bits per heavy atom. The fourth-order valence-corrected chi connectivity index (χ4v) is 4.72. The van der Waals surface area contributed by atoms with Gasteiger partial charge in [0.05, 0.1) is 7.11 Å². The molecule has 3 aromatic rings. The minimum absolute atomic E-state index is 0.317. The number of hydrogen-bond donors (Lipinski definition) is 1. The molecule has 0 fully saturated rings. The average Bonchev–Trinajstić information content (AvgIpc) is 3.19. The number of ether oxygens (including phenoxy) is 2. The van der Waals surface area contributed by atoms with Gasteiger partial charge in [-0.3, -0.25) is 4.79 Å². The summed E-state index contributed by atoms with van der Waals surface area (Å²) in [7, 11) is 1.66. The largest absolute Gasteiger partial charge is 0.497 e. The van der Waals surface area contributed by atoms with Crippen LogP contribution in [0.5, 0.6) is 5.75 Å². The van der Waals surface area contributed by atoms with E-state index >= 15 is 0 Å². The lowest BCUT2D eigenvalue weighted by Gasteiger charge is -2.16. The Morgan fingerprint density at radius 2 is 1.80 bits per heavy atom. The van der Waals surface area contributed by atoms with Crippen LogP contribution in [0.2, 0.25) is 0 Å². The van der Waals surface area contributed by atoms with E-state index in [0.29, 0.717) is 10.6 Å². The molecule has 1 amide bonds. The lowest BCUT2D eigenvalue weighted by molar-refractivity contribution is -0.119. The molecule has 0 spiro atoms. The molecular weight excluding hydrogens is 398 g/mol. The first-order chi connectivity index (χ1) is 14.4. The molecule has 0 radical (unpaired) electrons. The third-order valence-corrected chi connectivity index (χ3v) is 6.55. The number of amides is 1. The Balaban J connectivity index is 1.41. The van der Waals surface area contributed by atoms with Crippen LogP contribution < -0.4 is 10.1 Å². The quantitative estimate of drug-likeness (QED) is 0.593. The highest BCUT2D eigenvalue weighted by Gasteiger charge is 2.23. The van der Waals surface area contributed by atoms with Gasteiger partial charge in [0.25, 0.3) is 5.91 Å². The van der Waals surface area contributed by atoms with Crippen molar-refractivity contribution in [3.8, 4) is 16.2 Å². The zero-order valence-electron chi connectivity index (χ0n) is 17.2. The molecule has 0 aliphatic heterocycles. The molecule has 30 heavy (non-hydrogen) atoms. The van der Waals surface area contributed by atoms with E-state index in [1.54, 1.807) is 7.11 Å². The SMILES string of the molecule is COc1ccc2c(c1)CCc1cc(C(=O)OCC(=O)Nc3ccc(C)c(C)c3)sc1-2. The minimum atomic E-state index is -0.473. The number of esters is 1. The zero-order chi connectivity index (χ0) is 21.3. The van der Waals surface area contributed by atoms with Crippen LogP contribution in [-0.4, -0.2) is 25.6 Å². The Bertz CT molecular complexity index is 1130. The van der Waals surface area contributed by atoms with Gasteiger partial charge in [-0.2, -0.15) is 0 Å². The number of thiophene rings is 1. The molecule has 5 nitrogen and oxygen atoms in total. The molecule has 0 saturated carbocycles. The molecule has 0 unspecified atom stereocenters. The topological polar surface area (TPSA) is 64.6 Å². The third kappa shape index (κ3) is 4.09. The number of hydrogen-bond acceptors (Lipinski definition) is 5. The van der Waals surface area contributed by atoms with Crippen molar-refractivity contribution in [2.24, 2.45) is 0 Å². The molecule has 1 heterocycles. The van der Waals surface area contributed by atoms with Gasteiger partial charge in [0.2, 0.25) is 0 Å². The predicted molar refractivity (Wildman–Crippen MR) is 119 cm³/mol. The van der Waals surface area contributed by atoms with Gasteiger partial charge in [-0.15, -0.1) is 11.3 Å². The standard InChI is InChI=1S/C24H23NO4S/c1-14-4-7-18(10-15(14)2)25-22(26)13-29-24(27)21-12-17-6-5-16-11-19(28-3)8-9-20(16)23(17)30-21/h4,7-12H,5-6,13H2,1-3H3,(H,25,26). The molecule has 0 saturated heterocycles. The average molecular weight is 422 g/mol. The summed E-state index contributed by atoms with van der Waals surface area (Å²) in [6.07, 6.45) is 1.77. The molecule has 1 aromatic heterocycles. The van der Waals surface area contributed by atoms with E-state index in [2.05, 4.69) is 5.32 Å². The first kappa shape index (κ1) is 20.2. The number of nitrogens with one attached hydrogen (secondary N) is 1. The Labute approximate surface area is 179 Å². The molecule has 0 bridgehead atoms. The van der Waals surface area contributed by atoms with Crippen molar-refractivity contribution in [2.75, 3.05) is 19.0 Å². The van der Waals surface area contributed by atoms with Crippen molar-refractivity contribution in [1.29, 1.82) is 0 Å². The van der Waals surface area contributed by atoms with E-state index in [1.165, 1.54) is 16.9 Å². The van der Waals surface area contributed by atoms with E-state index in [9.17, 15) is 9.59 Å². The predicted octanol–water partition coefficient (Wildman–Crippen LogP) is 4.93. The number of aryl methyl sites for hydroxylation is 4. The second kappa shape index (κ2) is 8.32. The van der Waals surface area contributed by atoms with Gasteiger partial charge in [-0.05, 0) is 90.9 Å². The Morgan fingerprint density at radius 3 is 2.57 bits per heavy atom. The van der Waals surface area contributed by atoms with Crippen molar-refractivity contribution < 1.29 is 19.1 Å². The van der Waals surface area contributed by atoms with Gasteiger partial charge in [-0.25, -0.2) is 4.79 Å². The van der Waals surface area contributed by atoms with Crippen molar-refractivity contribution in [1.82, 2.24) is 0 Å². The van der Waals surface area contributed by atoms with E-state index in [-0.39, 0.29) is 12.5 Å². The maximum absolute atomic E-state index is 12.5. The summed E-state index contributed by atoms with van der Waals surface area (Å²) in [6.45, 7) is 3.68. The normalized spacial score (nSPS) is 12.0. The molecule has 1 aliphatic rings. The van der Waals surface area contributed by atoms with Crippen molar-refractivity contribution in [3.63, 3.8) is 0 Å². The number of fused-ring (bicyclic) bond motifs is 3. The smallest absolute Gasteiger partial charge is 0.348 e. The van der Waals surface area contributed by atoms with Crippen molar-refractivity contribution in [2.45, 2.75) is 26.7 Å². The van der Waals surface area contributed by atoms with Gasteiger partial charge in [0, 0.05) is 10.6 Å². The van der Waals surface area contributed by atoms with Gasteiger partial charge in [0.15, 0.2) is 6.61 Å². The summed E-state index contributed by atoms with van der Waals surface area (Å²) in [5, 5.41) is 2.76. The number of benzene rings is 2. The molecule has 0 atom stereocenters. The first-order valence-electron chi connectivity index (χ1n) is 9.79. The van der Waals surface area contributed by atoms with Crippen LogP contribution >= 0.6 is 11.3 Å². The van der Waals surface area contributed by atoms with Crippen LogP contribution in [0.4, 0.5) is 5.69 Å². The number of carbonyl (C=O) groups is 2. The fourth-order valence-electron chi connectivity index (χ4n) is 3.56. The van der Waals surface area contributed by atoms with Crippen LogP contribution in [0.3, 0.4) is 0 Å². The molecule has 6 heteroatoms. The molecular formula is C24H23NO4S. The van der Waals surface area contributed by atoms with Crippen LogP contribution in [0.25, 0.3) is 10.4 Å². The maximum Gasteiger partial charge on any atom is 0.348 e. The van der Waals surface area contributed by atoms with E-state index in [4.69, 9.17) is 9.47 Å². The monoisotopic (exact) mass is 421 g/mol. The van der Waals surface area contributed by atoms with Gasteiger partial charge < -0.3 is 14.8 Å². The van der Waals surface area contributed by atoms with E-state index < -0.39 is 5.97 Å². The molecule has 4 rings (SSSR count). The van der Waals surface area contributed by atoms with Crippen LogP contribution in [-0.2, 0) is 22.4 Å². The summed E-state index contributed by atoms with van der Waals surface area (Å²) in [5.74, 6) is 0.00762. The second-order valence-electron chi connectivity index (χ2n) is 7.41. The third-order valence-electron chi connectivity index (χ3n) is 5.36.